The van der Waals surface area contributed by atoms with Crippen molar-refractivity contribution >= 4 is 11.3 Å². The SMILES string of the molecule is CNC(C)C(C)(C)CN(C)Cc1scnc1C. The summed E-state index contributed by atoms with van der Waals surface area (Å²) in [5, 5.41) is 3.34. The molecule has 98 valence electrons. The second kappa shape index (κ2) is 5.94. The van der Waals surface area contributed by atoms with Gasteiger partial charge >= 0.3 is 0 Å². The molecule has 0 saturated carbocycles. The molecule has 0 amide bonds. The lowest BCUT2D eigenvalue weighted by molar-refractivity contribution is 0.165. The van der Waals surface area contributed by atoms with Gasteiger partial charge in [0, 0.05) is 24.0 Å². The van der Waals surface area contributed by atoms with Gasteiger partial charge in [0.15, 0.2) is 0 Å². The molecule has 0 aliphatic carbocycles. The molecule has 1 rings (SSSR count). The van der Waals surface area contributed by atoms with Crippen LogP contribution in [-0.4, -0.2) is 36.6 Å². The van der Waals surface area contributed by atoms with Crippen molar-refractivity contribution in [3.05, 3.63) is 16.1 Å². The molecule has 0 aliphatic heterocycles. The molecule has 1 N–H and O–H groups in total. The van der Waals surface area contributed by atoms with Crippen LogP contribution in [-0.2, 0) is 6.54 Å². The van der Waals surface area contributed by atoms with Crippen molar-refractivity contribution in [3.8, 4) is 0 Å². The lowest BCUT2D eigenvalue weighted by atomic mass is 9.85. The molecular weight excluding hydrogens is 230 g/mol. The van der Waals surface area contributed by atoms with Crippen LogP contribution in [0.5, 0.6) is 0 Å². The molecule has 1 atom stereocenters. The summed E-state index contributed by atoms with van der Waals surface area (Å²) < 4.78 is 0. The average molecular weight is 255 g/mol. The van der Waals surface area contributed by atoms with Gasteiger partial charge in [-0.15, -0.1) is 11.3 Å². The predicted molar refractivity (Wildman–Crippen MR) is 75.5 cm³/mol. The molecule has 0 fully saturated rings. The Labute approximate surface area is 109 Å². The number of nitrogens with one attached hydrogen (secondary N) is 1. The summed E-state index contributed by atoms with van der Waals surface area (Å²) in [7, 11) is 4.21. The highest BCUT2D eigenvalue weighted by molar-refractivity contribution is 7.09. The monoisotopic (exact) mass is 255 g/mol. The summed E-state index contributed by atoms with van der Waals surface area (Å²) in [6, 6.07) is 0.507. The topological polar surface area (TPSA) is 28.2 Å². The molecule has 0 spiro atoms. The molecule has 1 aromatic rings. The van der Waals surface area contributed by atoms with Crippen LogP contribution in [0.3, 0.4) is 0 Å². The first-order chi connectivity index (χ1) is 7.86. The molecule has 0 aromatic carbocycles. The lowest BCUT2D eigenvalue weighted by Crippen LogP contribution is -2.44. The highest BCUT2D eigenvalue weighted by atomic mass is 32.1. The largest absolute Gasteiger partial charge is 0.317 e. The van der Waals surface area contributed by atoms with E-state index in [0.29, 0.717) is 6.04 Å². The fraction of sp³-hybridized carbons (Fsp3) is 0.769. The maximum Gasteiger partial charge on any atom is 0.0798 e. The first-order valence-electron chi connectivity index (χ1n) is 6.11. The zero-order valence-electron chi connectivity index (χ0n) is 11.9. The van der Waals surface area contributed by atoms with E-state index in [1.165, 1.54) is 10.6 Å². The standard InChI is InChI=1S/C13H25N3S/c1-10-12(17-9-15-10)7-16(6)8-13(3,4)11(2)14-5/h9,11,14H,7-8H2,1-6H3. The molecule has 4 heteroatoms. The van der Waals surface area contributed by atoms with Gasteiger partial charge in [0.25, 0.3) is 0 Å². The molecule has 0 saturated heterocycles. The predicted octanol–water partition coefficient (Wildman–Crippen LogP) is 2.52. The number of nitrogens with zero attached hydrogens (tertiary/aromatic N) is 2. The van der Waals surface area contributed by atoms with E-state index < -0.39 is 0 Å². The number of rotatable bonds is 6. The van der Waals surface area contributed by atoms with Gasteiger partial charge < -0.3 is 10.2 Å². The van der Waals surface area contributed by atoms with Crippen LogP contribution in [0.25, 0.3) is 0 Å². The molecule has 1 heterocycles. The number of aryl methyl sites for hydroxylation is 1. The van der Waals surface area contributed by atoms with Gasteiger partial charge in [0.2, 0.25) is 0 Å². The van der Waals surface area contributed by atoms with Crippen molar-refractivity contribution in [1.29, 1.82) is 0 Å². The van der Waals surface area contributed by atoms with E-state index in [0.717, 1.165) is 13.1 Å². The lowest BCUT2D eigenvalue weighted by Gasteiger charge is -2.35. The van der Waals surface area contributed by atoms with Crippen LogP contribution >= 0.6 is 11.3 Å². The van der Waals surface area contributed by atoms with Crippen LogP contribution in [0.4, 0.5) is 0 Å². The summed E-state index contributed by atoms with van der Waals surface area (Å²) in [6.07, 6.45) is 0. The molecule has 0 aliphatic rings. The van der Waals surface area contributed by atoms with Gasteiger partial charge in [-0.2, -0.15) is 0 Å². The minimum absolute atomic E-state index is 0.266. The second-order valence-electron chi connectivity index (χ2n) is 5.53. The van der Waals surface area contributed by atoms with Gasteiger partial charge in [0.1, 0.15) is 0 Å². The van der Waals surface area contributed by atoms with Crippen molar-refractivity contribution in [2.24, 2.45) is 5.41 Å². The fourth-order valence-electron chi connectivity index (χ4n) is 2.00. The summed E-state index contributed by atoms with van der Waals surface area (Å²) in [6.45, 7) is 11.0. The molecule has 1 aromatic heterocycles. The molecule has 3 nitrogen and oxygen atoms in total. The van der Waals surface area contributed by atoms with Crippen LogP contribution in [0, 0.1) is 12.3 Å². The number of aromatic nitrogens is 1. The Morgan fingerprint density at radius 2 is 2.18 bits per heavy atom. The summed E-state index contributed by atoms with van der Waals surface area (Å²) >= 11 is 1.75. The Morgan fingerprint density at radius 3 is 2.65 bits per heavy atom. The van der Waals surface area contributed by atoms with E-state index in [2.05, 4.69) is 49.9 Å². The van der Waals surface area contributed by atoms with Crippen molar-refractivity contribution < 1.29 is 0 Å². The third kappa shape index (κ3) is 4.05. The normalized spacial score (nSPS) is 14.3. The Bertz CT molecular complexity index is 346. The minimum Gasteiger partial charge on any atom is -0.317 e. The van der Waals surface area contributed by atoms with Crippen molar-refractivity contribution in [3.63, 3.8) is 0 Å². The van der Waals surface area contributed by atoms with Crippen LogP contribution < -0.4 is 5.32 Å². The highest BCUT2D eigenvalue weighted by Crippen LogP contribution is 2.23. The van der Waals surface area contributed by atoms with Gasteiger partial charge in [-0.25, -0.2) is 4.98 Å². The van der Waals surface area contributed by atoms with Gasteiger partial charge in [-0.1, -0.05) is 13.8 Å². The fourth-order valence-corrected chi connectivity index (χ4v) is 2.86. The van der Waals surface area contributed by atoms with Gasteiger partial charge in [0.05, 0.1) is 11.2 Å². The average Bonchev–Trinajstić information content (AvgIpc) is 2.62. The minimum atomic E-state index is 0.266. The van der Waals surface area contributed by atoms with Crippen molar-refractivity contribution in [2.75, 3.05) is 20.6 Å². The highest BCUT2D eigenvalue weighted by Gasteiger charge is 2.26. The molecular formula is C13H25N3S. The smallest absolute Gasteiger partial charge is 0.0798 e. The number of thiazole rings is 1. The maximum atomic E-state index is 4.30. The van der Waals surface area contributed by atoms with E-state index in [4.69, 9.17) is 0 Å². The molecule has 1 unspecified atom stereocenters. The zero-order valence-corrected chi connectivity index (χ0v) is 12.7. The summed E-state index contributed by atoms with van der Waals surface area (Å²) in [5.74, 6) is 0. The summed E-state index contributed by atoms with van der Waals surface area (Å²) in [4.78, 5) is 8.06. The van der Waals surface area contributed by atoms with E-state index in [1.807, 2.05) is 12.6 Å². The van der Waals surface area contributed by atoms with E-state index in [-0.39, 0.29) is 5.41 Å². The molecule has 17 heavy (non-hydrogen) atoms. The van der Waals surface area contributed by atoms with E-state index in [1.54, 1.807) is 11.3 Å². The first-order valence-corrected chi connectivity index (χ1v) is 6.99. The van der Waals surface area contributed by atoms with Crippen LogP contribution in [0.1, 0.15) is 31.3 Å². The Balaban J connectivity index is 2.55. The second-order valence-corrected chi connectivity index (χ2v) is 6.47. The zero-order chi connectivity index (χ0) is 13.1. The van der Waals surface area contributed by atoms with Crippen LogP contribution in [0.15, 0.2) is 5.51 Å². The first kappa shape index (κ1) is 14.6. The van der Waals surface area contributed by atoms with Crippen molar-refractivity contribution in [2.45, 2.75) is 40.3 Å². The van der Waals surface area contributed by atoms with Gasteiger partial charge in [-0.05, 0) is 33.4 Å². The van der Waals surface area contributed by atoms with Gasteiger partial charge in [-0.3, -0.25) is 0 Å². The number of hydrogen-bond acceptors (Lipinski definition) is 4. The van der Waals surface area contributed by atoms with E-state index in [9.17, 15) is 0 Å². The third-order valence-electron chi connectivity index (χ3n) is 3.54. The molecule has 0 bridgehead atoms. The van der Waals surface area contributed by atoms with E-state index >= 15 is 0 Å². The molecule has 0 radical (unpaired) electrons. The third-order valence-corrected chi connectivity index (χ3v) is 4.46. The van der Waals surface area contributed by atoms with Crippen molar-refractivity contribution in [1.82, 2.24) is 15.2 Å². The maximum absolute atomic E-state index is 4.30. The number of hydrogen-bond donors (Lipinski definition) is 1. The summed E-state index contributed by atoms with van der Waals surface area (Å²) in [5.41, 5.74) is 3.36. The Hall–Kier alpha value is -0.450. The Morgan fingerprint density at radius 1 is 1.53 bits per heavy atom. The van der Waals surface area contributed by atoms with Crippen LogP contribution in [0.2, 0.25) is 0 Å². The quantitative estimate of drug-likeness (QED) is 0.846. The Kier molecular flexibility index (Phi) is 5.10.